The maximum Gasteiger partial charge on any atom is 0.270 e. The number of halogens is 1. The van der Waals surface area contributed by atoms with Crippen molar-refractivity contribution in [3.63, 3.8) is 0 Å². The lowest BCUT2D eigenvalue weighted by molar-refractivity contribution is 0.0739. The molecule has 6 nitrogen and oxygen atoms in total. The minimum Gasteiger partial charge on any atom is -0.351 e. The number of rotatable bonds is 11. The van der Waals surface area contributed by atoms with Gasteiger partial charge in [0.05, 0.1) is 23.7 Å². The fourth-order valence-corrected chi connectivity index (χ4v) is 4.36. The molecule has 1 N–H and O–H groups in total. The van der Waals surface area contributed by atoms with E-state index in [1.54, 1.807) is 17.5 Å². The fourth-order valence-electron chi connectivity index (χ4n) is 3.37. The summed E-state index contributed by atoms with van der Waals surface area (Å²) >= 11 is 7.73. The Morgan fingerprint density at radius 2 is 1.97 bits per heavy atom. The lowest BCUT2D eigenvalue weighted by Crippen LogP contribution is -2.32. The largest absolute Gasteiger partial charge is 0.351 e. The number of nitrogens with zero attached hydrogens (tertiary/aromatic N) is 3. The van der Waals surface area contributed by atoms with Crippen molar-refractivity contribution >= 4 is 34.8 Å². The third-order valence-corrected chi connectivity index (χ3v) is 6.23. The Morgan fingerprint density at radius 1 is 1.16 bits per heavy atom. The number of thiazole rings is 1. The SMILES string of the molecule is CCCCNC(=O)c1csc(Cn2cccc2CN(CCC)C(=O)c2ccccc2Cl)n1. The van der Waals surface area contributed by atoms with E-state index in [9.17, 15) is 9.59 Å². The molecule has 0 aliphatic heterocycles. The molecule has 0 aliphatic rings. The molecule has 3 aromatic rings. The van der Waals surface area contributed by atoms with Crippen LogP contribution in [0.2, 0.25) is 5.02 Å². The lowest BCUT2D eigenvalue weighted by atomic mass is 10.2. The van der Waals surface area contributed by atoms with Gasteiger partial charge in [-0.25, -0.2) is 4.98 Å². The van der Waals surface area contributed by atoms with Crippen LogP contribution in [0.15, 0.2) is 48.0 Å². The molecule has 2 heterocycles. The number of amides is 2. The van der Waals surface area contributed by atoms with Crippen LogP contribution >= 0.6 is 22.9 Å². The van der Waals surface area contributed by atoms with Crippen LogP contribution < -0.4 is 5.32 Å². The summed E-state index contributed by atoms with van der Waals surface area (Å²) < 4.78 is 2.07. The van der Waals surface area contributed by atoms with Crippen molar-refractivity contribution in [3.8, 4) is 0 Å². The average Bonchev–Trinajstić information content (AvgIpc) is 3.43. The molecule has 0 saturated heterocycles. The first kappa shape index (κ1) is 24.0. The summed E-state index contributed by atoms with van der Waals surface area (Å²) in [5.41, 5.74) is 1.97. The average molecular weight is 473 g/mol. The van der Waals surface area contributed by atoms with Crippen LogP contribution in [0.25, 0.3) is 0 Å². The van der Waals surface area contributed by atoms with Gasteiger partial charge in [-0.1, -0.05) is 44.0 Å². The van der Waals surface area contributed by atoms with E-state index in [4.69, 9.17) is 11.6 Å². The smallest absolute Gasteiger partial charge is 0.270 e. The topological polar surface area (TPSA) is 67.2 Å². The highest BCUT2D eigenvalue weighted by molar-refractivity contribution is 7.09. The lowest BCUT2D eigenvalue weighted by Gasteiger charge is -2.23. The Bertz CT molecular complexity index is 1050. The normalized spacial score (nSPS) is 10.8. The van der Waals surface area contributed by atoms with E-state index in [1.165, 1.54) is 11.3 Å². The van der Waals surface area contributed by atoms with Crippen LogP contribution in [0.4, 0.5) is 0 Å². The van der Waals surface area contributed by atoms with Gasteiger partial charge in [-0.2, -0.15) is 0 Å². The van der Waals surface area contributed by atoms with Gasteiger partial charge in [-0.15, -0.1) is 11.3 Å². The Labute approximate surface area is 198 Å². The number of carbonyl (C=O) groups excluding carboxylic acids is 2. The molecule has 32 heavy (non-hydrogen) atoms. The molecule has 8 heteroatoms. The van der Waals surface area contributed by atoms with Gasteiger partial charge in [-0.05, 0) is 37.1 Å². The van der Waals surface area contributed by atoms with E-state index in [0.29, 0.717) is 42.5 Å². The Balaban J connectivity index is 1.70. The van der Waals surface area contributed by atoms with E-state index in [-0.39, 0.29) is 11.8 Å². The van der Waals surface area contributed by atoms with Crippen molar-refractivity contribution in [2.45, 2.75) is 46.2 Å². The standard InChI is InChI=1S/C24H29ClN4O2S/c1-3-5-12-26-23(30)21-17-32-22(27-21)16-28-14-8-9-18(28)15-29(13-4-2)24(31)19-10-6-7-11-20(19)25/h6-11,14,17H,3-5,12-13,15-16H2,1-2H3,(H,26,30). The van der Waals surface area contributed by atoms with E-state index in [2.05, 4.69) is 28.7 Å². The first-order chi connectivity index (χ1) is 15.5. The monoisotopic (exact) mass is 472 g/mol. The predicted octanol–water partition coefficient (Wildman–Crippen LogP) is 5.23. The molecule has 0 spiro atoms. The van der Waals surface area contributed by atoms with Crippen LogP contribution in [0.3, 0.4) is 0 Å². The van der Waals surface area contributed by atoms with Crippen molar-refractivity contribution in [1.82, 2.24) is 19.8 Å². The van der Waals surface area contributed by atoms with Gasteiger partial charge in [-0.3, -0.25) is 9.59 Å². The molecular weight excluding hydrogens is 444 g/mol. The molecule has 3 rings (SSSR count). The molecule has 0 aliphatic carbocycles. The summed E-state index contributed by atoms with van der Waals surface area (Å²) in [6, 6.07) is 11.1. The third-order valence-electron chi connectivity index (χ3n) is 5.07. The second kappa shape index (κ2) is 11.8. The third kappa shape index (κ3) is 6.20. The van der Waals surface area contributed by atoms with Crippen LogP contribution in [-0.4, -0.2) is 39.4 Å². The van der Waals surface area contributed by atoms with E-state index >= 15 is 0 Å². The number of carbonyl (C=O) groups is 2. The predicted molar refractivity (Wildman–Crippen MR) is 129 cm³/mol. The number of benzene rings is 1. The molecule has 1 aromatic carbocycles. The highest BCUT2D eigenvalue weighted by atomic mass is 35.5. The number of unbranched alkanes of at least 4 members (excludes halogenated alkanes) is 1. The minimum absolute atomic E-state index is 0.0783. The summed E-state index contributed by atoms with van der Waals surface area (Å²) in [6.45, 7) is 6.46. The highest BCUT2D eigenvalue weighted by Gasteiger charge is 2.19. The van der Waals surface area contributed by atoms with Crippen LogP contribution in [0, 0.1) is 0 Å². The number of hydrogen-bond acceptors (Lipinski definition) is 4. The van der Waals surface area contributed by atoms with Crippen LogP contribution in [0.5, 0.6) is 0 Å². The number of aromatic nitrogens is 2. The van der Waals surface area contributed by atoms with Gasteiger partial charge in [0.25, 0.3) is 11.8 Å². The maximum atomic E-state index is 13.1. The van der Waals surface area contributed by atoms with Crippen molar-refractivity contribution in [2.24, 2.45) is 0 Å². The maximum absolute atomic E-state index is 13.1. The zero-order valence-corrected chi connectivity index (χ0v) is 20.1. The molecule has 0 atom stereocenters. The Morgan fingerprint density at radius 3 is 2.72 bits per heavy atom. The molecule has 0 radical (unpaired) electrons. The minimum atomic E-state index is -0.131. The van der Waals surface area contributed by atoms with Gasteiger partial charge < -0.3 is 14.8 Å². The molecule has 2 amide bonds. The Kier molecular flexibility index (Phi) is 8.88. The highest BCUT2D eigenvalue weighted by Crippen LogP contribution is 2.20. The van der Waals surface area contributed by atoms with Crippen molar-refractivity contribution < 1.29 is 9.59 Å². The summed E-state index contributed by atoms with van der Waals surface area (Å²) in [6.07, 6.45) is 4.81. The first-order valence-corrected chi connectivity index (χ1v) is 12.2. The number of hydrogen-bond donors (Lipinski definition) is 1. The molecule has 0 saturated carbocycles. The zero-order valence-electron chi connectivity index (χ0n) is 18.5. The second-order valence-corrected chi connectivity index (χ2v) is 8.92. The van der Waals surface area contributed by atoms with Crippen molar-refractivity contribution in [3.05, 3.63) is 75.0 Å². The zero-order chi connectivity index (χ0) is 22.9. The van der Waals surface area contributed by atoms with Gasteiger partial charge in [0.2, 0.25) is 0 Å². The van der Waals surface area contributed by atoms with Crippen LogP contribution in [0.1, 0.15) is 64.7 Å². The molecule has 0 bridgehead atoms. The van der Waals surface area contributed by atoms with Gasteiger partial charge >= 0.3 is 0 Å². The van der Waals surface area contributed by atoms with E-state index < -0.39 is 0 Å². The van der Waals surface area contributed by atoms with Crippen LogP contribution in [-0.2, 0) is 13.1 Å². The molecule has 0 fully saturated rings. The molecule has 2 aromatic heterocycles. The van der Waals surface area contributed by atoms with Gasteiger partial charge in [0.1, 0.15) is 10.7 Å². The second-order valence-electron chi connectivity index (χ2n) is 7.57. The molecule has 170 valence electrons. The summed E-state index contributed by atoms with van der Waals surface area (Å²) in [5, 5.41) is 6.00. The summed E-state index contributed by atoms with van der Waals surface area (Å²) in [7, 11) is 0. The van der Waals surface area contributed by atoms with Crippen molar-refractivity contribution in [1.29, 1.82) is 0 Å². The molecular formula is C24H29ClN4O2S. The van der Waals surface area contributed by atoms with Crippen molar-refractivity contribution in [2.75, 3.05) is 13.1 Å². The Hall–Kier alpha value is -2.64. The quantitative estimate of drug-likeness (QED) is 0.388. The fraction of sp³-hybridized carbons (Fsp3) is 0.375. The first-order valence-electron chi connectivity index (χ1n) is 10.9. The molecule has 0 unspecified atom stereocenters. The van der Waals surface area contributed by atoms with E-state index in [1.807, 2.05) is 35.4 Å². The summed E-state index contributed by atoms with van der Waals surface area (Å²) in [5.74, 6) is -0.210. The van der Waals surface area contributed by atoms with Gasteiger partial charge in [0, 0.05) is 30.4 Å². The number of nitrogens with one attached hydrogen (secondary N) is 1. The van der Waals surface area contributed by atoms with E-state index in [0.717, 1.165) is 30.0 Å². The van der Waals surface area contributed by atoms with Gasteiger partial charge in [0.15, 0.2) is 0 Å². The summed E-state index contributed by atoms with van der Waals surface area (Å²) in [4.78, 5) is 31.7.